The summed E-state index contributed by atoms with van der Waals surface area (Å²) in [4.78, 5) is 16.1. The standard InChI is InChI=1S/C16H23F3N4O.2ClH/c1-12(15(24)21-11-16(18,19)10-20)22-6-8-23(9-7-22)14-4-2-13(17)3-5-14;;/h2-5,12H,6-11,20H2,1H3,(H,21,24);2*1H. The summed E-state index contributed by atoms with van der Waals surface area (Å²) in [5.41, 5.74) is 5.88. The van der Waals surface area contributed by atoms with Gasteiger partial charge in [0.25, 0.3) is 5.92 Å². The van der Waals surface area contributed by atoms with Gasteiger partial charge in [-0.3, -0.25) is 9.69 Å². The number of nitrogens with two attached hydrogens (primary N) is 1. The van der Waals surface area contributed by atoms with E-state index in [1.54, 1.807) is 19.1 Å². The summed E-state index contributed by atoms with van der Waals surface area (Å²) in [6, 6.07) is 5.77. The molecule has 1 fully saturated rings. The summed E-state index contributed by atoms with van der Waals surface area (Å²) in [7, 11) is 0. The molecule has 1 unspecified atom stereocenters. The minimum absolute atomic E-state index is 0. The molecule has 0 radical (unpaired) electrons. The maximum Gasteiger partial charge on any atom is 0.277 e. The summed E-state index contributed by atoms with van der Waals surface area (Å²) in [6.07, 6.45) is 0. The van der Waals surface area contributed by atoms with E-state index < -0.39 is 31.0 Å². The third-order valence-electron chi connectivity index (χ3n) is 4.25. The van der Waals surface area contributed by atoms with Crippen molar-refractivity contribution in [2.75, 3.05) is 44.2 Å². The molecule has 2 rings (SSSR count). The maximum atomic E-state index is 13.1. The van der Waals surface area contributed by atoms with Crippen molar-refractivity contribution in [3.05, 3.63) is 30.1 Å². The van der Waals surface area contributed by atoms with Crippen LogP contribution >= 0.6 is 24.8 Å². The van der Waals surface area contributed by atoms with Crippen molar-refractivity contribution in [1.82, 2.24) is 10.2 Å². The molecule has 0 bridgehead atoms. The fourth-order valence-electron chi connectivity index (χ4n) is 2.62. The van der Waals surface area contributed by atoms with E-state index in [-0.39, 0.29) is 30.6 Å². The molecule has 150 valence electrons. The monoisotopic (exact) mass is 416 g/mol. The number of benzene rings is 1. The smallest absolute Gasteiger partial charge is 0.277 e. The lowest BCUT2D eigenvalue weighted by Gasteiger charge is -2.38. The number of carbonyl (C=O) groups excluding carboxylic acids is 1. The number of piperazine rings is 1. The van der Waals surface area contributed by atoms with E-state index in [2.05, 4.69) is 10.2 Å². The topological polar surface area (TPSA) is 61.6 Å². The Morgan fingerprint density at radius 1 is 1.19 bits per heavy atom. The minimum Gasteiger partial charge on any atom is -0.369 e. The van der Waals surface area contributed by atoms with Crippen LogP contribution in [-0.4, -0.2) is 62.0 Å². The lowest BCUT2D eigenvalue weighted by Crippen LogP contribution is -2.55. The van der Waals surface area contributed by atoms with Gasteiger partial charge in [0.1, 0.15) is 5.82 Å². The van der Waals surface area contributed by atoms with Gasteiger partial charge in [0, 0.05) is 31.9 Å². The lowest BCUT2D eigenvalue weighted by atomic mass is 10.2. The van der Waals surface area contributed by atoms with Gasteiger partial charge in [-0.05, 0) is 31.2 Å². The first-order valence-electron chi connectivity index (χ1n) is 7.92. The highest BCUT2D eigenvalue weighted by atomic mass is 35.5. The number of amides is 1. The maximum absolute atomic E-state index is 13.1. The van der Waals surface area contributed by atoms with Crippen LogP contribution in [0.2, 0.25) is 0 Å². The Kier molecular flexibility index (Phi) is 10.3. The summed E-state index contributed by atoms with van der Waals surface area (Å²) in [6.45, 7) is 2.77. The summed E-state index contributed by atoms with van der Waals surface area (Å²) < 4.78 is 39.2. The Balaban J connectivity index is 0.00000312. The fraction of sp³-hybridized carbons (Fsp3) is 0.562. The van der Waals surface area contributed by atoms with Crippen molar-refractivity contribution in [2.24, 2.45) is 5.73 Å². The van der Waals surface area contributed by atoms with Crippen LogP contribution in [0.15, 0.2) is 24.3 Å². The molecule has 1 aromatic carbocycles. The average molecular weight is 417 g/mol. The molecule has 1 aliphatic heterocycles. The van der Waals surface area contributed by atoms with Gasteiger partial charge in [-0.1, -0.05) is 0 Å². The molecule has 1 atom stereocenters. The molecule has 26 heavy (non-hydrogen) atoms. The molecule has 1 saturated heterocycles. The second-order valence-corrected chi connectivity index (χ2v) is 5.95. The zero-order valence-electron chi connectivity index (χ0n) is 14.5. The normalized spacial score (nSPS) is 16.3. The highest BCUT2D eigenvalue weighted by molar-refractivity contribution is 5.85. The van der Waals surface area contributed by atoms with Gasteiger partial charge in [-0.2, -0.15) is 0 Å². The third kappa shape index (κ3) is 6.83. The molecule has 1 amide bonds. The van der Waals surface area contributed by atoms with Gasteiger partial charge in [-0.25, -0.2) is 13.2 Å². The van der Waals surface area contributed by atoms with Crippen LogP contribution in [0.5, 0.6) is 0 Å². The molecule has 10 heteroatoms. The van der Waals surface area contributed by atoms with Crippen LogP contribution in [0.4, 0.5) is 18.9 Å². The van der Waals surface area contributed by atoms with Crippen molar-refractivity contribution < 1.29 is 18.0 Å². The van der Waals surface area contributed by atoms with Crippen molar-refractivity contribution in [2.45, 2.75) is 18.9 Å². The third-order valence-corrected chi connectivity index (χ3v) is 4.25. The van der Waals surface area contributed by atoms with Crippen LogP contribution in [-0.2, 0) is 4.79 Å². The Hall–Kier alpha value is -1.22. The second-order valence-electron chi connectivity index (χ2n) is 5.95. The molecule has 1 heterocycles. The van der Waals surface area contributed by atoms with Gasteiger partial charge in [0.15, 0.2) is 0 Å². The van der Waals surface area contributed by atoms with Crippen molar-refractivity contribution >= 4 is 36.4 Å². The molecule has 0 spiro atoms. The highest BCUT2D eigenvalue weighted by Gasteiger charge is 2.30. The van der Waals surface area contributed by atoms with E-state index in [1.807, 2.05) is 4.90 Å². The van der Waals surface area contributed by atoms with E-state index in [4.69, 9.17) is 5.73 Å². The van der Waals surface area contributed by atoms with Gasteiger partial charge < -0.3 is 16.0 Å². The number of rotatable bonds is 6. The molecule has 0 aliphatic carbocycles. The summed E-state index contributed by atoms with van der Waals surface area (Å²) >= 11 is 0. The number of hydrogen-bond donors (Lipinski definition) is 2. The molecule has 1 aliphatic rings. The zero-order valence-corrected chi connectivity index (χ0v) is 16.1. The van der Waals surface area contributed by atoms with E-state index in [0.29, 0.717) is 26.2 Å². The van der Waals surface area contributed by atoms with E-state index >= 15 is 0 Å². The number of anilines is 1. The Labute approximate surface area is 163 Å². The second kappa shape index (κ2) is 10.8. The largest absolute Gasteiger partial charge is 0.369 e. The quantitative estimate of drug-likeness (QED) is 0.743. The number of alkyl halides is 2. The number of carbonyl (C=O) groups is 1. The Bertz CT molecular complexity index is 555. The number of halogens is 5. The molecule has 0 saturated carbocycles. The summed E-state index contributed by atoms with van der Waals surface area (Å²) in [5.74, 6) is -3.80. The molecule has 1 aromatic rings. The SMILES string of the molecule is CC(C(=O)NCC(F)(F)CN)N1CCN(c2ccc(F)cc2)CC1.Cl.Cl. The molecule has 3 N–H and O–H groups in total. The predicted molar refractivity (Wildman–Crippen MR) is 101 cm³/mol. The van der Waals surface area contributed by atoms with Crippen LogP contribution in [0.25, 0.3) is 0 Å². The van der Waals surface area contributed by atoms with E-state index in [9.17, 15) is 18.0 Å². The van der Waals surface area contributed by atoms with Crippen molar-refractivity contribution in [3.63, 3.8) is 0 Å². The van der Waals surface area contributed by atoms with Crippen molar-refractivity contribution in [1.29, 1.82) is 0 Å². The summed E-state index contributed by atoms with van der Waals surface area (Å²) in [5, 5.41) is 2.25. The molecular formula is C16H25Cl2F3N4O. The first-order chi connectivity index (χ1) is 11.3. The number of nitrogens with zero attached hydrogens (tertiary/aromatic N) is 2. The van der Waals surface area contributed by atoms with Gasteiger partial charge in [0.2, 0.25) is 5.91 Å². The fourth-order valence-corrected chi connectivity index (χ4v) is 2.62. The number of hydrogen-bond acceptors (Lipinski definition) is 4. The van der Waals surface area contributed by atoms with Crippen molar-refractivity contribution in [3.8, 4) is 0 Å². The lowest BCUT2D eigenvalue weighted by molar-refractivity contribution is -0.127. The molecular weight excluding hydrogens is 392 g/mol. The van der Waals surface area contributed by atoms with E-state index in [1.165, 1.54) is 12.1 Å². The van der Waals surface area contributed by atoms with Crippen LogP contribution in [0.3, 0.4) is 0 Å². The first kappa shape index (κ1) is 24.8. The van der Waals surface area contributed by atoms with Crippen LogP contribution < -0.4 is 16.0 Å². The molecule has 0 aromatic heterocycles. The van der Waals surface area contributed by atoms with Crippen LogP contribution in [0.1, 0.15) is 6.92 Å². The number of nitrogens with one attached hydrogen (secondary N) is 1. The van der Waals surface area contributed by atoms with E-state index in [0.717, 1.165) is 5.69 Å². The van der Waals surface area contributed by atoms with Gasteiger partial charge in [-0.15, -0.1) is 24.8 Å². The highest BCUT2D eigenvalue weighted by Crippen LogP contribution is 2.18. The van der Waals surface area contributed by atoms with Gasteiger partial charge in [0.05, 0.1) is 19.1 Å². The zero-order chi connectivity index (χ0) is 17.7. The van der Waals surface area contributed by atoms with Crippen LogP contribution in [0, 0.1) is 5.82 Å². The average Bonchev–Trinajstić information content (AvgIpc) is 2.60. The van der Waals surface area contributed by atoms with Gasteiger partial charge >= 0.3 is 0 Å². The first-order valence-corrected chi connectivity index (χ1v) is 7.92. The molecule has 5 nitrogen and oxygen atoms in total. The Morgan fingerprint density at radius 3 is 2.23 bits per heavy atom. The minimum atomic E-state index is -3.09. The predicted octanol–water partition coefficient (Wildman–Crippen LogP) is 1.89. The Morgan fingerprint density at radius 2 is 1.73 bits per heavy atom.